The number of esters is 1. The fraction of sp³-hybridized carbons (Fsp3) is 0.417. The molecule has 5 nitrogen and oxygen atoms in total. The molecule has 2 aromatic rings. The molecule has 0 aromatic heterocycles. The summed E-state index contributed by atoms with van der Waals surface area (Å²) < 4.78 is 4.76. The fourth-order valence-corrected chi connectivity index (χ4v) is 5.37. The van der Waals surface area contributed by atoms with Gasteiger partial charge >= 0.3 is 5.97 Å². The van der Waals surface area contributed by atoms with Crippen molar-refractivity contribution in [2.24, 2.45) is 5.92 Å². The predicted octanol–water partition coefficient (Wildman–Crippen LogP) is 5.11. The molecule has 31 heavy (non-hydrogen) atoms. The lowest BCUT2D eigenvalue weighted by Crippen LogP contribution is -2.42. The number of amides is 1. The molecule has 2 aromatic carbocycles. The first-order valence-electron chi connectivity index (χ1n) is 10.7. The molecule has 2 aliphatic rings. The summed E-state index contributed by atoms with van der Waals surface area (Å²) in [5.41, 5.74) is 3.08. The average molecular weight is 461 g/mol. The smallest absolute Gasteiger partial charge is 0.337 e. The van der Waals surface area contributed by atoms with Gasteiger partial charge in [-0.3, -0.25) is 4.79 Å². The monoisotopic (exact) mass is 460 g/mol. The lowest BCUT2D eigenvalue weighted by molar-refractivity contribution is -0.137. The molecule has 0 bridgehead atoms. The molecule has 0 radical (unpaired) electrons. The van der Waals surface area contributed by atoms with Gasteiger partial charge in [0.2, 0.25) is 5.91 Å². The van der Waals surface area contributed by atoms with E-state index < -0.39 is 0 Å². The highest BCUT2D eigenvalue weighted by atomic mass is 35.5. The fourth-order valence-electron chi connectivity index (χ4n) is 4.66. The van der Waals surface area contributed by atoms with Crippen molar-refractivity contribution in [3.8, 4) is 11.1 Å². The van der Waals surface area contributed by atoms with Crippen LogP contribution in [-0.2, 0) is 9.53 Å². The molecule has 2 heterocycles. The summed E-state index contributed by atoms with van der Waals surface area (Å²) in [5.74, 6) is 0.0807. The van der Waals surface area contributed by atoms with Gasteiger partial charge in [0.25, 0.3) is 0 Å². The van der Waals surface area contributed by atoms with Crippen molar-refractivity contribution < 1.29 is 14.3 Å². The van der Waals surface area contributed by atoms with Crippen LogP contribution in [-0.4, -0.2) is 43.5 Å². The normalized spacial score (nSPS) is 20.0. The first-order valence-corrected chi connectivity index (χ1v) is 11.4. The van der Waals surface area contributed by atoms with Crippen molar-refractivity contribution in [3.63, 3.8) is 0 Å². The zero-order valence-electron chi connectivity index (χ0n) is 17.5. The number of methoxy groups -OCH3 is 1. The van der Waals surface area contributed by atoms with Crippen LogP contribution >= 0.6 is 23.2 Å². The highest BCUT2D eigenvalue weighted by Gasteiger charge is 2.37. The number of halogens is 2. The zero-order valence-corrected chi connectivity index (χ0v) is 19.0. The standard InChI is InChI=1S/C24H26Cl2N2O3/c1-31-24(30)16-7-5-15(6-8-16)18-12-19(25)22(20(26)13-18)23(17-9-10-27-14-17)28-11-3-2-4-21(28)29/h5-8,12-13,17,23,27H,2-4,9-11,14H2,1H3. The van der Waals surface area contributed by atoms with Crippen LogP contribution in [0.15, 0.2) is 36.4 Å². The number of carbonyl (C=O) groups is 2. The molecule has 0 aliphatic carbocycles. The Morgan fingerprint density at radius 2 is 1.84 bits per heavy atom. The molecule has 2 atom stereocenters. The van der Waals surface area contributed by atoms with Gasteiger partial charge in [0.15, 0.2) is 0 Å². The number of ether oxygens (including phenoxy) is 1. The van der Waals surface area contributed by atoms with Crippen LogP contribution in [0.4, 0.5) is 0 Å². The van der Waals surface area contributed by atoms with Gasteiger partial charge in [-0.1, -0.05) is 35.3 Å². The van der Waals surface area contributed by atoms with Crippen LogP contribution in [0.1, 0.15) is 47.6 Å². The average Bonchev–Trinajstić information content (AvgIpc) is 3.31. The first kappa shape index (κ1) is 22.1. The lowest BCUT2D eigenvalue weighted by Gasteiger charge is -2.39. The minimum Gasteiger partial charge on any atom is -0.465 e. The van der Waals surface area contributed by atoms with E-state index in [-0.39, 0.29) is 23.8 Å². The summed E-state index contributed by atoms with van der Waals surface area (Å²) in [5, 5.41) is 4.54. The number of nitrogens with one attached hydrogen (secondary N) is 1. The van der Waals surface area contributed by atoms with Crippen molar-refractivity contribution in [1.82, 2.24) is 10.2 Å². The second kappa shape index (κ2) is 9.60. The molecular weight excluding hydrogens is 435 g/mol. The molecule has 0 saturated carbocycles. The summed E-state index contributed by atoms with van der Waals surface area (Å²) >= 11 is 13.6. The quantitative estimate of drug-likeness (QED) is 0.629. The Kier molecular flexibility index (Phi) is 6.85. The molecule has 7 heteroatoms. The Morgan fingerprint density at radius 3 is 2.42 bits per heavy atom. The Bertz CT molecular complexity index is 948. The van der Waals surface area contributed by atoms with Gasteiger partial charge in [-0.25, -0.2) is 4.79 Å². The van der Waals surface area contributed by atoms with Gasteiger partial charge in [0.1, 0.15) is 0 Å². The van der Waals surface area contributed by atoms with Crippen LogP contribution in [0, 0.1) is 5.92 Å². The van der Waals surface area contributed by atoms with Gasteiger partial charge in [0.05, 0.1) is 18.7 Å². The molecule has 4 rings (SSSR count). The number of likely N-dealkylation sites (tertiary alicyclic amines) is 1. The van der Waals surface area contributed by atoms with E-state index in [4.69, 9.17) is 27.9 Å². The molecule has 2 saturated heterocycles. The number of carbonyl (C=O) groups excluding carboxylic acids is 2. The van der Waals surface area contributed by atoms with Crippen LogP contribution in [0.3, 0.4) is 0 Å². The summed E-state index contributed by atoms with van der Waals surface area (Å²) in [7, 11) is 1.36. The van der Waals surface area contributed by atoms with Gasteiger partial charge in [-0.15, -0.1) is 0 Å². The van der Waals surface area contributed by atoms with Gasteiger partial charge in [0, 0.05) is 35.1 Å². The molecular formula is C24H26Cl2N2O3. The van der Waals surface area contributed by atoms with E-state index in [2.05, 4.69) is 5.32 Å². The molecule has 2 unspecified atom stereocenters. The second-order valence-electron chi connectivity index (χ2n) is 8.16. The molecule has 0 spiro atoms. The van der Waals surface area contributed by atoms with Crippen LogP contribution in [0.25, 0.3) is 11.1 Å². The van der Waals surface area contributed by atoms with Gasteiger partial charge < -0.3 is 15.0 Å². The summed E-state index contributed by atoms with van der Waals surface area (Å²) in [4.78, 5) is 26.4. The zero-order chi connectivity index (χ0) is 22.0. The summed E-state index contributed by atoms with van der Waals surface area (Å²) in [6.07, 6.45) is 3.50. The highest BCUT2D eigenvalue weighted by Crippen LogP contribution is 2.43. The number of piperidine rings is 1. The number of hydrogen-bond acceptors (Lipinski definition) is 4. The Hall–Kier alpha value is -2.08. The van der Waals surface area contributed by atoms with E-state index in [9.17, 15) is 9.59 Å². The molecule has 164 valence electrons. The summed E-state index contributed by atoms with van der Waals surface area (Å²) in [6, 6.07) is 10.8. The maximum atomic E-state index is 12.8. The third-order valence-electron chi connectivity index (χ3n) is 6.25. The van der Waals surface area contributed by atoms with E-state index >= 15 is 0 Å². The third-order valence-corrected chi connectivity index (χ3v) is 6.88. The lowest BCUT2D eigenvalue weighted by atomic mass is 9.88. The second-order valence-corrected chi connectivity index (χ2v) is 8.98. The maximum absolute atomic E-state index is 12.8. The SMILES string of the molecule is COC(=O)c1ccc(-c2cc(Cl)c(C(C3CCNC3)N3CCCCC3=O)c(Cl)c2)cc1. The van der Waals surface area contributed by atoms with Crippen LogP contribution in [0.2, 0.25) is 10.0 Å². The Morgan fingerprint density at radius 1 is 1.13 bits per heavy atom. The Labute approximate surface area is 192 Å². The van der Waals surface area contributed by atoms with E-state index in [0.29, 0.717) is 22.0 Å². The van der Waals surface area contributed by atoms with E-state index in [1.807, 2.05) is 29.2 Å². The van der Waals surface area contributed by atoms with Crippen molar-refractivity contribution in [3.05, 3.63) is 57.6 Å². The van der Waals surface area contributed by atoms with Crippen LogP contribution < -0.4 is 5.32 Å². The topological polar surface area (TPSA) is 58.6 Å². The summed E-state index contributed by atoms with van der Waals surface area (Å²) in [6.45, 7) is 2.52. The number of nitrogens with zero attached hydrogens (tertiary/aromatic N) is 1. The van der Waals surface area contributed by atoms with Crippen molar-refractivity contribution in [1.29, 1.82) is 0 Å². The number of hydrogen-bond donors (Lipinski definition) is 1. The minimum absolute atomic E-state index is 0.126. The molecule has 1 amide bonds. The van der Waals surface area contributed by atoms with Gasteiger partial charge in [-0.2, -0.15) is 0 Å². The van der Waals surface area contributed by atoms with Crippen molar-refractivity contribution in [2.75, 3.05) is 26.7 Å². The minimum atomic E-state index is -0.378. The first-order chi connectivity index (χ1) is 15.0. The maximum Gasteiger partial charge on any atom is 0.337 e. The van der Waals surface area contributed by atoms with E-state index in [1.54, 1.807) is 12.1 Å². The number of rotatable bonds is 5. The van der Waals surface area contributed by atoms with Crippen LogP contribution in [0.5, 0.6) is 0 Å². The predicted molar refractivity (Wildman–Crippen MR) is 123 cm³/mol. The van der Waals surface area contributed by atoms with E-state index in [1.165, 1.54) is 7.11 Å². The Balaban J connectivity index is 1.70. The highest BCUT2D eigenvalue weighted by molar-refractivity contribution is 6.36. The third kappa shape index (κ3) is 4.59. The molecule has 2 fully saturated rings. The number of benzene rings is 2. The molecule has 1 N–H and O–H groups in total. The largest absolute Gasteiger partial charge is 0.465 e. The van der Waals surface area contributed by atoms with Gasteiger partial charge in [-0.05, 0) is 67.1 Å². The van der Waals surface area contributed by atoms with Crippen molar-refractivity contribution in [2.45, 2.75) is 31.7 Å². The molecule has 2 aliphatic heterocycles. The van der Waals surface area contributed by atoms with Crippen molar-refractivity contribution >= 4 is 35.1 Å². The van der Waals surface area contributed by atoms with E-state index in [0.717, 1.165) is 55.6 Å².